The molecule has 0 aliphatic carbocycles. The third-order valence-electron chi connectivity index (χ3n) is 4.87. The summed E-state index contributed by atoms with van der Waals surface area (Å²) in [6.07, 6.45) is -4.74. The molecule has 11 heteroatoms. The van der Waals surface area contributed by atoms with Crippen molar-refractivity contribution in [3.63, 3.8) is 0 Å². The summed E-state index contributed by atoms with van der Waals surface area (Å²) < 4.78 is 40.4. The Morgan fingerprint density at radius 2 is 1.96 bits per heavy atom. The van der Waals surface area contributed by atoms with Gasteiger partial charge in [0.15, 0.2) is 11.9 Å². The number of anilines is 1. The van der Waals surface area contributed by atoms with Gasteiger partial charge in [0.05, 0.1) is 0 Å². The molecule has 0 radical (unpaired) electrons. The number of amides is 1. The fourth-order valence-corrected chi connectivity index (χ4v) is 3.48. The number of aromatic nitrogens is 2. The highest BCUT2D eigenvalue weighted by Crippen LogP contribution is 2.40. The molecule has 1 fully saturated rings. The van der Waals surface area contributed by atoms with Crippen LogP contribution in [0.1, 0.15) is 12.8 Å². The average Bonchev–Trinajstić information content (AvgIpc) is 2.64. The highest BCUT2D eigenvalue weighted by molar-refractivity contribution is 6.09. The number of alkyl halides is 3. The van der Waals surface area contributed by atoms with Gasteiger partial charge in [0.1, 0.15) is 11.8 Å². The van der Waals surface area contributed by atoms with Crippen molar-refractivity contribution in [2.24, 2.45) is 28.3 Å². The van der Waals surface area contributed by atoms with Crippen molar-refractivity contribution in [3.05, 3.63) is 29.6 Å². The van der Waals surface area contributed by atoms with Gasteiger partial charge in [-0.2, -0.15) is 23.3 Å². The number of aliphatic imine (C=N–C) groups is 1. The monoisotopic (exact) mass is 384 g/mol. The minimum absolute atomic E-state index is 0.0797. The van der Waals surface area contributed by atoms with Crippen molar-refractivity contribution in [3.8, 4) is 0 Å². The molecular formula is C16H19F3N6O2. The summed E-state index contributed by atoms with van der Waals surface area (Å²) in [6, 6.07) is 3.54. The van der Waals surface area contributed by atoms with Gasteiger partial charge in [-0.3, -0.25) is 4.79 Å². The zero-order valence-electron chi connectivity index (χ0n) is 14.2. The minimum Gasteiger partial charge on any atom is -0.401 e. The van der Waals surface area contributed by atoms with Crippen LogP contribution in [0.2, 0.25) is 0 Å². The van der Waals surface area contributed by atoms with E-state index in [1.165, 1.54) is 0 Å². The molecule has 0 bridgehead atoms. The molecule has 27 heavy (non-hydrogen) atoms. The van der Waals surface area contributed by atoms with E-state index in [9.17, 15) is 23.1 Å². The number of allylic oxidation sites excluding steroid dienone is 1. The van der Waals surface area contributed by atoms with Crippen molar-refractivity contribution >= 4 is 17.6 Å². The summed E-state index contributed by atoms with van der Waals surface area (Å²) >= 11 is 0. The number of halogens is 3. The minimum atomic E-state index is -4.88. The van der Waals surface area contributed by atoms with Crippen LogP contribution >= 0.6 is 0 Å². The fraction of sp³-hybridized carbons (Fsp3) is 0.500. The molecule has 3 heterocycles. The van der Waals surface area contributed by atoms with Gasteiger partial charge < -0.3 is 21.5 Å². The van der Waals surface area contributed by atoms with Crippen molar-refractivity contribution in [2.75, 3.05) is 18.0 Å². The van der Waals surface area contributed by atoms with Crippen LogP contribution in [-0.2, 0) is 4.79 Å². The van der Waals surface area contributed by atoms with Crippen molar-refractivity contribution in [1.29, 1.82) is 0 Å². The molecule has 1 aromatic rings. The van der Waals surface area contributed by atoms with Gasteiger partial charge in [0.2, 0.25) is 0 Å². The number of nitrogens with two attached hydrogens (primary N) is 2. The fourth-order valence-electron chi connectivity index (χ4n) is 3.48. The number of amidine groups is 1. The average molecular weight is 384 g/mol. The van der Waals surface area contributed by atoms with E-state index in [4.69, 9.17) is 11.5 Å². The van der Waals surface area contributed by atoms with Crippen molar-refractivity contribution in [2.45, 2.75) is 25.1 Å². The summed E-state index contributed by atoms with van der Waals surface area (Å²) in [6.45, 7) is 1.04. The molecule has 1 amide bonds. The maximum absolute atomic E-state index is 13.5. The lowest BCUT2D eigenvalue weighted by Crippen LogP contribution is -2.49. The molecule has 0 unspecified atom stereocenters. The maximum atomic E-state index is 13.5. The number of carbonyl (C=O) groups is 1. The van der Waals surface area contributed by atoms with E-state index in [2.05, 4.69) is 15.2 Å². The zero-order chi connectivity index (χ0) is 19.8. The van der Waals surface area contributed by atoms with Gasteiger partial charge in [-0.05, 0) is 25.0 Å². The third kappa shape index (κ3) is 3.72. The summed E-state index contributed by atoms with van der Waals surface area (Å²) in [5, 5.41) is 17.6. The molecule has 1 aromatic heterocycles. The second kappa shape index (κ2) is 7.14. The molecule has 2 aliphatic heterocycles. The third-order valence-corrected chi connectivity index (χ3v) is 4.87. The Morgan fingerprint density at radius 3 is 2.52 bits per heavy atom. The van der Waals surface area contributed by atoms with Crippen LogP contribution in [0, 0.1) is 11.8 Å². The van der Waals surface area contributed by atoms with Crippen LogP contribution in [-0.4, -0.2) is 52.4 Å². The number of aliphatic hydroxyl groups is 1. The molecule has 0 aromatic carbocycles. The Hall–Kier alpha value is -2.69. The molecule has 146 valence electrons. The van der Waals surface area contributed by atoms with Gasteiger partial charge >= 0.3 is 6.18 Å². The predicted octanol–water partition coefficient (Wildman–Crippen LogP) is 0.343. The SMILES string of the molecule is NC1=NC(=O)[C@H](O)[C@H](C(F)(F)F)C1=C(N)C1CCN(c2cccnn2)CC1. The summed E-state index contributed by atoms with van der Waals surface area (Å²) in [4.78, 5) is 16.8. The van der Waals surface area contributed by atoms with Crippen LogP contribution in [0.5, 0.6) is 0 Å². The summed E-state index contributed by atoms with van der Waals surface area (Å²) in [7, 11) is 0. The van der Waals surface area contributed by atoms with Gasteiger partial charge in [-0.15, -0.1) is 5.10 Å². The lowest BCUT2D eigenvalue weighted by Gasteiger charge is -2.36. The second-order valence-corrected chi connectivity index (χ2v) is 6.51. The lowest BCUT2D eigenvalue weighted by atomic mass is 9.82. The first-order valence-corrected chi connectivity index (χ1v) is 8.35. The van der Waals surface area contributed by atoms with Gasteiger partial charge in [-0.25, -0.2) is 0 Å². The first-order chi connectivity index (χ1) is 12.7. The van der Waals surface area contributed by atoms with Gasteiger partial charge in [0.25, 0.3) is 5.91 Å². The Balaban J connectivity index is 1.86. The van der Waals surface area contributed by atoms with Gasteiger partial charge in [-0.1, -0.05) is 0 Å². The van der Waals surface area contributed by atoms with E-state index in [0.29, 0.717) is 31.7 Å². The molecule has 8 nitrogen and oxygen atoms in total. The molecule has 2 aliphatic rings. The van der Waals surface area contributed by atoms with E-state index in [-0.39, 0.29) is 11.6 Å². The first kappa shape index (κ1) is 19.1. The number of carbonyl (C=O) groups excluding carboxylic acids is 1. The number of piperidine rings is 1. The molecule has 0 saturated carbocycles. The molecule has 2 atom stereocenters. The van der Waals surface area contributed by atoms with Crippen LogP contribution in [0.4, 0.5) is 19.0 Å². The highest BCUT2D eigenvalue weighted by atomic mass is 19.4. The lowest BCUT2D eigenvalue weighted by molar-refractivity contribution is -0.190. The molecule has 3 rings (SSSR count). The Kier molecular flexibility index (Phi) is 5.05. The highest BCUT2D eigenvalue weighted by Gasteiger charge is 2.53. The maximum Gasteiger partial charge on any atom is 0.398 e. The number of aliphatic hydroxyl groups excluding tert-OH is 1. The number of hydrogen-bond donors (Lipinski definition) is 3. The Morgan fingerprint density at radius 1 is 1.30 bits per heavy atom. The van der Waals surface area contributed by atoms with Crippen molar-refractivity contribution < 1.29 is 23.1 Å². The quantitative estimate of drug-likeness (QED) is 0.670. The van der Waals surface area contributed by atoms with E-state index in [0.717, 1.165) is 0 Å². The van der Waals surface area contributed by atoms with E-state index < -0.39 is 35.5 Å². The topological polar surface area (TPSA) is 131 Å². The van der Waals surface area contributed by atoms with Gasteiger partial charge in [0, 0.05) is 36.5 Å². The predicted molar refractivity (Wildman–Crippen MR) is 90.4 cm³/mol. The summed E-state index contributed by atoms with van der Waals surface area (Å²) in [5.41, 5.74) is 11.1. The van der Waals surface area contributed by atoms with Crippen molar-refractivity contribution in [1.82, 2.24) is 10.2 Å². The number of rotatable bonds is 2. The molecule has 5 N–H and O–H groups in total. The number of nitrogens with zero attached hydrogens (tertiary/aromatic N) is 4. The number of hydrogen-bond acceptors (Lipinski definition) is 7. The Bertz CT molecular complexity index is 772. The summed E-state index contributed by atoms with van der Waals surface area (Å²) in [5.74, 6) is -4.08. The first-order valence-electron chi connectivity index (χ1n) is 8.35. The largest absolute Gasteiger partial charge is 0.401 e. The molecule has 0 spiro atoms. The zero-order valence-corrected chi connectivity index (χ0v) is 14.2. The van der Waals surface area contributed by atoms with E-state index in [1.54, 1.807) is 18.3 Å². The normalized spacial score (nSPS) is 26.7. The standard InChI is InChI=1S/C16H19F3N6O2/c17-16(18,19)11-10(14(21)23-15(27)13(11)26)12(20)8-3-6-25(7-4-8)9-2-1-5-22-24-9/h1-2,5,8,11,13,26H,3-4,6-7,20H2,(H2,21,23,27)/t11-,13-/m1/s1. The van der Waals surface area contributed by atoms with Crippen LogP contribution < -0.4 is 16.4 Å². The second-order valence-electron chi connectivity index (χ2n) is 6.51. The molecule has 1 saturated heterocycles. The molecular weight excluding hydrogens is 365 g/mol. The van der Waals surface area contributed by atoms with Crippen LogP contribution in [0.25, 0.3) is 0 Å². The Labute approximate surface area is 152 Å². The van der Waals surface area contributed by atoms with E-state index in [1.807, 2.05) is 4.90 Å². The van der Waals surface area contributed by atoms with E-state index >= 15 is 0 Å². The van der Waals surface area contributed by atoms with Crippen LogP contribution in [0.3, 0.4) is 0 Å². The van der Waals surface area contributed by atoms with Crippen LogP contribution in [0.15, 0.2) is 34.6 Å². The smallest absolute Gasteiger partial charge is 0.398 e.